The fourth-order valence-corrected chi connectivity index (χ4v) is 3.16. The zero-order valence-electron chi connectivity index (χ0n) is 14.2. The largest absolute Gasteiger partial charge is 0.374 e. The van der Waals surface area contributed by atoms with Gasteiger partial charge in [-0.2, -0.15) is 0 Å². The smallest absolute Gasteiger partial charge is 0.246 e. The molecule has 0 aliphatic carbocycles. The van der Waals surface area contributed by atoms with E-state index in [2.05, 4.69) is 15.6 Å². The third kappa shape index (κ3) is 4.39. The number of anilines is 2. The third-order valence-corrected chi connectivity index (χ3v) is 4.77. The number of aryl methyl sites for hydroxylation is 1. The van der Waals surface area contributed by atoms with Crippen LogP contribution in [0, 0.1) is 12.7 Å². The zero-order valence-corrected chi connectivity index (χ0v) is 15.8. The molecular weight excluding hydrogens is 373 g/mol. The van der Waals surface area contributed by atoms with Crippen LogP contribution in [0.25, 0.3) is 11.3 Å². The SMILES string of the molecule is Cc1nc(-c2ccc(N[C@@H](C)C(=O)Nc3ccc(Cl)cc3F)cc2)cs1. The minimum Gasteiger partial charge on any atom is -0.374 e. The Kier molecular flexibility index (Phi) is 5.54. The van der Waals surface area contributed by atoms with E-state index in [1.54, 1.807) is 18.3 Å². The summed E-state index contributed by atoms with van der Waals surface area (Å²) in [7, 11) is 0. The molecule has 1 atom stereocenters. The number of hydrogen-bond acceptors (Lipinski definition) is 4. The summed E-state index contributed by atoms with van der Waals surface area (Å²) >= 11 is 7.32. The van der Waals surface area contributed by atoms with Gasteiger partial charge in [0.25, 0.3) is 0 Å². The van der Waals surface area contributed by atoms with Crippen molar-refractivity contribution < 1.29 is 9.18 Å². The molecule has 0 unspecified atom stereocenters. The molecule has 7 heteroatoms. The predicted octanol–water partition coefficient (Wildman–Crippen LogP) is 5.35. The summed E-state index contributed by atoms with van der Waals surface area (Å²) in [5.74, 6) is -0.911. The molecule has 2 aromatic carbocycles. The van der Waals surface area contributed by atoms with E-state index in [-0.39, 0.29) is 16.6 Å². The average Bonchev–Trinajstić information content (AvgIpc) is 3.04. The van der Waals surface area contributed by atoms with Crippen LogP contribution in [0.2, 0.25) is 5.02 Å². The van der Waals surface area contributed by atoms with Crippen LogP contribution >= 0.6 is 22.9 Å². The molecule has 1 heterocycles. The van der Waals surface area contributed by atoms with E-state index in [0.717, 1.165) is 28.0 Å². The molecule has 26 heavy (non-hydrogen) atoms. The van der Waals surface area contributed by atoms with E-state index in [9.17, 15) is 9.18 Å². The Balaban J connectivity index is 1.63. The molecular formula is C19H17ClFN3OS. The summed E-state index contributed by atoms with van der Waals surface area (Å²) in [4.78, 5) is 16.7. The highest BCUT2D eigenvalue weighted by Gasteiger charge is 2.15. The van der Waals surface area contributed by atoms with Crippen molar-refractivity contribution >= 4 is 40.2 Å². The van der Waals surface area contributed by atoms with Crippen molar-refractivity contribution in [2.75, 3.05) is 10.6 Å². The molecule has 0 radical (unpaired) electrons. The number of halogens is 2. The monoisotopic (exact) mass is 389 g/mol. The number of thiazole rings is 1. The molecule has 0 aliphatic rings. The van der Waals surface area contributed by atoms with Gasteiger partial charge in [-0.05, 0) is 44.2 Å². The van der Waals surface area contributed by atoms with Gasteiger partial charge in [0.1, 0.15) is 11.9 Å². The minimum absolute atomic E-state index is 0.0994. The fourth-order valence-electron chi connectivity index (χ4n) is 2.38. The number of nitrogens with one attached hydrogen (secondary N) is 2. The molecule has 0 bridgehead atoms. The summed E-state index contributed by atoms with van der Waals surface area (Å²) in [5, 5.41) is 8.96. The first-order valence-corrected chi connectivity index (χ1v) is 9.23. The molecule has 0 spiro atoms. The number of rotatable bonds is 5. The van der Waals surface area contributed by atoms with Crippen LogP contribution < -0.4 is 10.6 Å². The second-order valence-electron chi connectivity index (χ2n) is 5.81. The van der Waals surface area contributed by atoms with Gasteiger partial charge >= 0.3 is 0 Å². The molecule has 0 saturated carbocycles. The first-order chi connectivity index (χ1) is 12.4. The molecule has 134 valence electrons. The topological polar surface area (TPSA) is 54.0 Å². The number of benzene rings is 2. The van der Waals surface area contributed by atoms with Crippen molar-refractivity contribution in [3.63, 3.8) is 0 Å². The number of amides is 1. The average molecular weight is 390 g/mol. The Bertz CT molecular complexity index is 927. The molecule has 4 nitrogen and oxygen atoms in total. The second-order valence-corrected chi connectivity index (χ2v) is 7.31. The summed E-state index contributed by atoms with van der Waals surface area (Å²) < 4.78 is 13.8. The van der Waals surface area contributed by atoms with E-state index in [4.69, 9.17) is 11.6 Å². The lowest BCUT2D eigenvalue weighted by Gasteiger charge is -2.16. The quantitative estimate of drug-likeness (QED) is 0.618. The van der Waals surface area contributed by atoms with Crippen molar-refractivity contribution in [1.29, 1.82) is 0 Å². The van der Waals surface area contributed by atoms with Crippen LogP contribution in [0.5, 0.6) is 0 Å². The van der Waals surface area contributed by atoms with Crippen LogP contribution in [-0.4, -0.2) is 16.9 Å². The van der Waals surface area contributed by atoms with Crippen LogP contribution in [0.1, 0.15) is 11.9 Å². The Morgan fingerprint density at radius 3 is 2.58 bits per heavy atom. The standard InChI is InChI=1S/C19H17ClFN3OS/c1-11(19(25)24-17-8-5-14(20)9-16(17)21)22-15-6-3-13(4-7-15)18-10-26-12(2)23-18/h3-11,22H,1-2H3,(H,24,25)/t11-/m0/s1. The van der Waals surface area contributed by atoms with Crippen LogP contribution in [-0.2, 0) is 4.79 Å². The molecule has 3 rings (SSSR count). The molecule has 3 aromatic rings. The predicted molar refractivity (Wildman–Crippen MR) is 105 cm³/mol. The number of nitrogens with zero attached hydrogens (tertiary/aromatic N) is 1. The van der Waals surface area contributed by atoms with E-state index < -0.39 is 11.9 Å². The molecule has 2 N–H and O–H groups in total. The molecule has 1 aromatic heterocycles. The zero-order chi connectivity index (χ0) is 18.7. The maximum absolute atomic E-state index is 13.8. The molecule has 0 aliphatic heterocycles. The first-order valence-electron chi connectivity index (χ1n) is 7.97. The summed E-state index contributed by atoms with van der Waals surface area (Å²) in [6.45, 7) is 3.68. The highest BCUT2D eigenvalue weighted by Crippen LogP contribution is 2.23. The number of aromatic nitrogens is 1. The van der Waals surface area contributed by atoms with Gasteiger partial charge in [-0.1, -0.05) is 23.7 Å². The van der Waals surface area contributed by atoms with E-state index in [1.807, 2.05) is 36.6 Å². The van der Waals surface area contributed by atoms with Crippen molar-refractivity contribution in [1.82, 2.24) is 4.98 Å². The van der Waals surface area contributed by atoms with E-state index >= 15 is 0 Å². The lowest BCUT2D eigenvalue weighted by Crippen LogP contribution is -2.32. The number of carbonyl (C=O) groups excluding carboxylic acids is 1. The highest BCUT2D eigenvalue weighted by atomic mass is 35.5. The first kappa shape index (κ1) is 18.4. The van der Waals surface area contributed by atoms with Gasteiger partial charge in [-0.15, -0.1) is 11.3 Å². The second kappa shape index (κ2) is 7.85. The lowest BCUT2D eigenvalue weighted by atomic mass is 10.1. The van der Waals surface area contributed by atoms with Gasteiger partial charge in [0.05, 0.1) is 16.4 Å². The number of carbonyl (C=O) groups is 1. The Hall–Kier alpha value is -2.44. The maximum atomic E-state index is 13.8. The number of hydrogen-bond donors (Lipinski definition) is 2. The summed E-state index contributed by atoms with van der Waals surface area (Å²) in [5.41, 5.74) is 2.84. The molecule has 1 amide bonds. The lowest BCUT2D eigenvalue weighted by molar-refractivity contribution is -0.116. The van der Waals surface area contributed by atoms with Crippen molar-refractivity contribution in [2.45, 2.75) is 19.9 Å². The van der Waals surface area contributed by atoms with Gasteiger partial charge in [0, 0.05) is 21.7 Å². The van der Waals surface area contributed by atoms with Crippen LogP contribution in [0.3, 0.4) is 0 Å². The van der Waals surface area contributed by atoms with Gasteiger partial charge in [-0.25, -0.2) is 9.37 Å². The van der Waals surface area contributed by atoms with Gasteiger partial charge < -0.3 is 10.6 Å². The van der Waals surface area contributed by atoms with E-state index in [0.29, 0.717) is 0 Å². The normalized spacial score (nSPS) is 11.8. The van der Waals surface area contributed by atoms with Crippen molar-refractivity contribution in [3.8, 4) is 11.3 Å². The van der Waals surface area contributed by atoms with Crippen molar-refractivity contribution in [2.24, 2.45) is 0 Å². The third-order valence-electron chi connectivity index (χ3n) is 3.77. The Morgan fingerprint density at radius 2 is 1.96 bits per heavy atom. The van der Waals surface area contributed by atoms with Crippen molar-refractivity contribution in [3.05, 3.63) is 63.7 Å². The van der Waals surface area contributed by atoms with Crippen LogP contribution in [0.15, 0.2) is 47.8 Å². The highest BCUT2D eigenvalue weighted by molar-refractivity contribution is 7.09. The van der Waals surface area contributed by atoms with Gasteiger partial charge in [0.2, 0.25) is 5.91 Å². The van der Waals surface area contributed by atoms with Gasteiger partial charge in [0.15, 0.2) is 0 Å². The summed E-state index contributed by atoms with van der Waals surface area (Å²) in [6.07, 6.45) is 0. The Labute approximate surface area is 160 Å². The molecule has 0 fully saturated rings. The molecule has 0 saturated heterocycles. The summed E-state index contributed by atoms with van der Waals surface area (Å²) in [6, 6.07) is 11.2. The van der Waals surface area contributed by atoms with E-state index in [1.165, 1.54) is 12.1 Å². The fraction of sp³-hybridized carbons (Fsp3) is 0.158. The van der Waals surface area contributed by atoms with Crippen LogP contribution in [0.4, 0.5) is 15.8 Å². The maximum Gasteiger partial charge on any atom is 0.246 e. The minimum atomic E-state index is -0.569. The van der Waals surface area contributed by atoms with Gasteiger partial charge in [-0.3, -0.25) is 4.79 Å². The Morgan fingerprint density at radius 1 is 1.23 bits per heavy atom.